The summed E-state index contributed by atoms with van der Waals surface area (Å²) in [7, 11) is 0. The molecule has 25 heavy (non-hydrogen) atoms. The van der Waals surface area contributed by atoms with Crippen LogP contribution in [-0.2, 0) is 4.79 Å². The first-order chi connectivity index (χ1) is 12.1. The first-order valence-electron chi connectivity index (χ1n) is 10.4. The van der Waals surface area contributed by atoms with Gasteiger partial charge in [0.2, 0.25) is 5.91 Å². The molecule has 1 unspecified atom stereocenters. The Morgan fingerprint density at radius 2 is 1.96 bits per heavy atom. The second-order valence-electron chi connectivity index (χ2n) is 7.98. The van der Waals surface area contributed by atoms with Gasteiger partial charge in [0.1, 0.15) is 0 Å². The molecule has 1 aliphatic heterocycles. The Hall–Kier alpha value is -1.26. The van der Waals surface area contributed by atoms with Crippen LogP contribution in [0, 0.1) is 11.8 Å². The highest BCUT2D eigenvalue weighted by molar-refractivity contribution is 5.81. The van der Waals surface area contributed by atoms with E-state index in [9.17, 15) is 4.79 Å². The number of nitrogens with zero attached hydrogens (tertiary/aromatic N) is 2. The van der Waals surface area contributed by atoms with Gasteiger partial charge in [-0.25, -0.2) is 0 Å². The van der Waals surface area contributed by atoms with Crippen LogP contribution < -0.4 is 10.6 Å². The van der Waals surface area contributed by atoms with Gasteiger partial charge in [-0.1, -0.05) is 46.0 Å². The highest BCUT2D eigenvalue weighted by atomic mass is 16.2. The van der Waals surface area contributed by atoms with Gasteiger partial charge in [0.05, 0.1) is 0 Å². The molecule has 5 heteroatoms. The minimum absolute atomic E-state index is 0.0837. The SMILES string of the molecule is CCNC(=NCCCC1CCCCC1)NC1CCN(C(=O)C(C)C)C1. The molecule has 2 N–H and O–H groups in total. The largest absolute Gasteiger partial charge is 0.357 e. The van der Waals surface area contributed by atoms with Crippen molar-refractivity contribution in [2.24, 2.45) is 16.8 Å². The maximum atomic E-state index is 12.1. The fourth-order valence-corrected chi connectivity index (χ4v) is 4.00. The molecule has 2 rings (SSSR count). The first-order valence-corrected chi connectivity index (χ1v) is 10.4. The maximum Gasteiger partial charge on any atom is 0.225 e. The number of carbonyl (C=O) groups is 1. The third kappa shape index (κ3) is 6.87. The molecule has 144 valence electrons. The monoisotopic (exact) mass is 350 g/mol. The normalized spacial score (nSPS) is 22.5. The van der Waals surface area contributed by atoms with Crippen LogP contribution in [0.2, 0.25) is 0 Å². The quantitative estimate of drug-likeness (QED) is 0.421. The topological polar surface area (TPSA) is 56.7 Å². The molecule has 1 saturated heterocycles. The summed E-state index contributed by atoms with van der Waals surface area (Å²) >= 11 is 0. The van der Waals surface area contributed by atoms with Crippen LogP contribution in [0.1, 0.15) is 72.1 Å². The van der Waals surface area contributed by atoms with Gasteiger partial charge in [0, 0.05) is 38.1 Å². The molecule has 0 aromatic heterocycles. The van der Waals surface area contributed by atoms with Gasteiger partial charge >= 0.3 is 0 Å². The average Bonchev–Trinajstić information content (AvgIpc) is 3.07. The van der Waals surface area contributed by atoms with E-state index in [4.69, 9.17) is 4.99 Å². The minimum atomic E-state index is 0.0837. The lowest BCUT2D eigenvalue weighted by atomic mass is 9.86. The molecule has 2 fully saturated rings. The fourth-order valence-electron chi connectivity index (χ4n) is 4.00. The van der Waals surface area contributed by atoms with Gasteiger partial charge in [-0.05, 0) is 32.1 Å². The lowest BCUT2D eigenvalue weighted by molar-refractivity contribution is -0.133. The van der Waals surface area contributed by atoms with E-state index >= 15 is 0 Å². The van der Waals surface area contributed by atoms with E-state index in [2.05, 4.69) is 17.6 Å². The van der Waals surface area contributed by atoms with Gasteiger partial charge in [0.25, 0.3) is 0 Å². The van der Waals surface area contributed by atoms with Gasteiger partial charge in [0.15, 0.2) is 5.96 Å². The van der Waals surface area contributed by atoms with Gasteiger partial charge in [-0.3, -0.25) is 9.79 Å². The van der Waals surface area contributed by atoms with E-state index in [1.54, 1.807) is 0 Å². The zero-order chi connectivity index (χ0) is 18.1. The molecule has 0 aromatic rings. The summed E-state index contributed by atoms with van der Waals surface area (Å²) in [5, 5.41) is 6.87. The first kappa shape index (κ1) is 20.1. The predicted molar refractivity (Wildman–Crippen MR) is 105 cm³/mol. The van der Waals surface area contributed by atoms with E-state index in [1.165, 1.54) is 44.9 Å². The van der Waals surface area contributed by atoms with E-state index in [0.29, 0.717) is 6.04 Å². The molecule has 0 radical (unpaired) electrons. The second-order valence-corrected chi connectivity index (χ2v) is 7.98. The molecule has 1 saturated carbocycles. The number of amides is 1. The zero-order valence-corrected chi connectivity index (χ0v) is 16.5. The summed E-state index contributed by atoms with van der Waals surface area (Å²) in [6, 6.07) is 0.318. The molecule has 1 atom stereocenters. The molecule has 0 spiro atoms. The Kier molecular flexibility index (Phi) is 8.56. The summed E-state index contributed by atoms with van der Waals surface area (Å²) in [5.41, 5.74) is 0. The van der Waals surface area contributed by atoms with Crippen LogP contribution in [0.4, 0.5) is 0 Å². The smallest absolute Gasteiger partial charge is 0.225 e. The lowest BCUT2D eigenvalue weighted by Gasteiger charge is -2.21. The van der Waals surface area contributed by atoms with E-state index < -0.39 is 0 Å². The Balaban J connectivity index is 1.73. The molecular weight excluding hydrogens is 312 g/mol. The fraction of sp³-hybridized carbons (Fsp3) is 0.900. The molecule has 0 aromatic carbocycles. The van der Waals surface area contributed by atoms with Crippen LogP contribution >= 0.6 is 0 Å². The van der Waals surface area contributed by atoms with E-state index in [0.717, 1.165) is 44.5 Å². The van der Waals surface area contributed by atoms with Gasteiger partial charge in [-0.2, -0.15) is 0 Å². The van der Waals surface area contributed by atoms with Crippen molar-refractivity contribution in [3.63, 3.8) is 0 Å². The highest BCUT2D eigenvalue weighted by Crippen LogP contribution is 2.27. The maximum absolute atomic E-state index is 12.1. The Morgan fingerprint density at radius 1 is 1.20 bits per heavy atom. The number of nitrogens with one attached hydrogen (secondary N) is 2. The predicted octanol–water partition coefficient (Wildman–Crippen LogP) is 3.16. The van der Waals surface area contributed by atoms with Crippen LogP contribution in [-0.4, -0.2) is 49.0 Å². The van der Waals surface area contributed by atoms with Crippen molar-refractivity contribution in [2.75, 3.05) is 26.2 Å². The third-order valence-electron chi connectivity index (χ3n) is 5.44. The second kappa shape index (κ2) is 10.7. The summed E-state index contributed by atoms with van der Waals surface area (Å²) < 4.78 is 0. The molecule has 5 nitrogen and oxygen atoms in total. The number of aliphatic imine (C=N–C) groups is 1. The zero-order valence-electron chi connectivity index (χ0n) is 16.5. The Morgan fingerprint density at radius 3 is 2.64 bits per heavy atom. The number of likely N-dealkylation sites (tertiary alicyclic amines) is 1. The molecule has 2 aliphatic rings. The lowest BCUT2D eigenvalue weighted by Crippen LogP contribution is -2.45. The molecule has 1 aliphatic carbocycles. The highest BCUT2D eigenvalue weighted by Gasteiger charge is 2.27. The van der Waals surface area contributed by atoms with Gasteiger partial charge in [-0.15, -0.1) is 0 Å². The summed E-state index contributed by atoms with van der Waals surface area (Å²) in [4.78, 5) is 18.9. The Bertz CT molecular complexity index is 429. The third-order valence-corrected chi connectivity index (χ3v) is 5.44. The number of carbonyl (C=O) groups excluding carboxylic acids is 1. The van der Waals surface area contributed by atoms with Crippen LogP contribution in [0.25, 0.3) is 0 Å². The molecule has 1 heterocycles. The van der Waals surface area contributed by atoms with Crippen LogP contribution in [0.3, 0.4) is 0 Å². The van der Waals surface area contributed by atoms with Crippen molar-refractivity contribution >= 4 is 11.9 Å². The van der Waals surface area contributed by atoms with Crippen molar-refractivity contribution in [3.05, 3.63) is 0 Å². The Labute approximate surface area is 154 Å². The van der Waals surface area contributed by atoms with Crippen molar-refractivity contribution in [1.29, 1.82) is 0 Å². The molecule has 1 amide bonds. The van der Waals surface area contributed by atoms with Crippen LogP contribution in [0.5, 0.6) is 0 Å². The molecular formula is C20H38N4O. The minimum Gasteiger partial charge on any atom is -0.357 e. The van der Waals surface area contributed by atoms with Gasteiger partial charge < -0.3 is 15.5 Å². The number of hydrogen-bond acceptors (Lipinski definition) is 2. The van der Waals surface area contributed by atoms with Crippen molar-refractivity contribution in [3.8, 4) is 0 Å². The summed E-state index contributed by atoms with van der Waals surface area (Å²) in [6.45, 7) is 9.46. The van der Waals surface area contributed by atoms with Crippen LogP contribution in [0.15, 0.2) is 4.99 Å². The molecule has 0 bridgehead atoms. The number of hydrogen-bond donors (Lipinski definition) is 2. The summed E-state index contributed by atoms with van der Waals surface area (Å²) in [5.74, 6) is 2.19. The number of rotatable bonds is 7. The summed E-state index contributed by atoms with van der Waals surface area (Å²) in [6.07, 6.45) is 10.6. The standard InChI is InChI=1S/C20H38N4O/c1-4-21-20(22-13-8-11-17-9-6-5-7-10-17)23-18-12-14-24(15-18)19(25)16(2)3/h16-18H,4-15H2,1-3H3,(H2,21,22,23). The van der Waals surface area contributed by atoms with Crippen molar-refractivity contribution in [2.45, 2.75) is 78.2 Å². The van der Waals surface area contributed by atoms with E-state index in [-0.39, 0.29) is 11.8 Å². The number of guanidine groups is 1. The van der Waals surface area contributed by atoms with Crippen molar-refractivity contribution < 1.29 is 4.79 Å². The van der Waals surface area contributed by atoms with E-state index in [1.807, 2.05) is 18.7 Å². The van der Waals surface area contributed by atoms with Crippen molar-refractivity contribution in [1.82, 2.24) is 15.5 Å². The average molecular weight is 351 g/mol.